The number of carboxylic acid groups (broad SMARTS) is 1. The summed E-state index contributed by atoms with van der Waals surface area (Å²) in [5.74, 6) is 0.163. The molecule has 0 spiro atoms. The van der Waals surface area contributed by atoms with Crippen molar-refractivity contribution in [3.63, 3.8) is 0 Å². The van der Waals surface area contributed by atoms with E-state index in [0.717, 1.165) is 27.2 Å². The van der Waals surface area contributed by atoms with Crippen LogP contribution in [0.5, 0.6) is 0 Å². The number of aromatic nitrogens is 2. The standard InChI is InChI=1S/C35H31ClN4O5/c1-39(35(43)44)19-10-20-40-32(37-29-18-9-17-28(36)30(29)33(40)41)31(22-11-3-2-4-12-22)38-34(42)45-21-27-25-15-7-5-13-23(25)24-14-6-8-16-26(24)27/h2-9,11-18,27,31H,10,19-21H2,1H3,(H,38,42)(H,43,44). The number of rotatable bonds is 9. The fourth-order valence-corrected chi connectivity index (χ4v) is 6.19. The monoisotopic (exact) mass is 622 g/mol. The first kappa shape index (κ1) is 29.9. The van der Waals surface area contributed by atoms with E-state index in [0.29, 0.717) is 17.5 Å². The van der Waals surface area contributed by atoms with Crippen molar-refractivity contribution >= 4 is 34.7 Å². The quantitative estimate of drug-likeness (QED) is 0.190. The van der Waals surface area contributed by atoms with E-state index in [4.69, 9.17) is 21.3 Å². The van der Waals surface area contributed by atoms with Crippen molar-refractivity contribution in [1.82, 2.24) is 19.8 Å². The SMILES string of the molecule is CN(CCCn1c(C(NC(=O)OCC2c3ccccc3-c3ccccc32)c2ccccc2)nc2cccc(Cl)c2c1=O)C(=O)O. The van der Waals surface area contributed by atoms with Gasteiger partial charge in [0.2, 0.25) is 0 Å². The highest BCUT2D eigenvalue weighted by atomic mass is 35.5. The Morgan fingerprint density at radius 1 is 0.956 bits per heavy atom. The summed E-state index contributed by atoms with van der Waals surface area (Å²) in [7, 11) is 1.47. The zero-order chi connectivity index (χ0) is 31.5. The maximum Gasteiger partial charge on any atom is 0.408 e. The fourth-order valence-electron chi connectivity index (χ4n) is 5.94. The number of nitrogens with one attached hydrogen (secondary N) is 1. The van der Waals surface area contributed by atoms with Gasteiger partial charge in [-0.05, 0) is 46.4 Å². The molecule has 2 amide bonds. The molecule has 1 unspecified atom stereocenters. The minimum atomic E-state index is -1.07. The Balaban J connectivity index is 1.33. The van der Waals surface area contributed by atoms with Gasteiger partial charge in [0.25, 0.3) is 5.56 Å². The van der Waals surface area contributed by atoms with Gasteiger partial charge in [0, 0.05) is 26.1 Å². The summed E-state index contributed by atoms with van der Waals surface area (Å²) in [5.41, 5.74) is 5.14. The first-order chi connectivity index (χ1) is 21.8. The average Bonchev–Trinajstić information content (AvgIpc) is 3.37. The molecule has 0 fully saturated rings. The van der Waals surface area contributed by atoms with E-state index in [9.17, 15) is 19.5 Å². The number of carbonyl (C=O) groups excluding carboxylic acids is 1. The number of alkyl carbamates (subject to hydrolysis) is 1. The van der Waals surface area contributed by atoms with E-state index < -0.39 is 18.2 Å². The summed E-state index contributed by atoms with van der Waals surface area (Å²) >= 11 is 6.44. The maximum atomic E-state index is 13.9. The van der Waals surface area contributed by atoms with Gasteiger partial charge in [-0.2, -0.15) is 0 Å². The first-order valence-electron chi connectivity index (χ1n) is 14.6. The van der Waals surface area contributed by atoms with Gasteiger partial charge in [0.05, 0.1) is 15.9 Å². The second-order valence-electron chi connectivity index (χ2n) is 10.9. The van der Waals surface area contributed by atoms with Gasteiger partial charge in [0.1, 0.15) is 18.5 Å². The van der Waals surface area contributed by atoms with Crippen molar-refractivity contribution in [3.05, 3.63) is 135 Å². The highest BCUT2D eigenvalue weighted by Gasteiger charge is 2.30. The lowest BCUT2D eigenvalue weighted by Gasteiger charge is -2.24. The molecule has 0 aliphatic heterocycles. The molecule has 0 saturated carbocycles. The third kappa shape index (κ3) is 5.99. The minimum Gasteiger partial charge on any atom is -0.465 e. The van der Waals surface area contributed by atoms with Gasteiger partial charge in [-0.15, -0.1) is 0 Å². The van der Waals surface area contributed by atoms with Gasteiger partial charge < -0.3 is 20.1 Å². The van der Waals surface area contributed by atoms with Gasteiger partial charge in [-0.1, -0.05) is 96.5 Å². The number of ether oxygens (including phenoxy) is 1. The van der Waals surface area contributed by atoms with Crippen LogP contribution in [0.1, 0.15) is 40.9 Å². The van der Waals surface area contributed by atoms with E-state index in [-0.39, 0.29) is 47.4 Å². The van der Waals surface area contributed by atoms with Gasteiger partial charge in [0.15, 0.2) is 0 Å². The maximum absolute atomic E-state index is 13.9. The van der Waals surface area contributed by atoms with Crippen LogP contribution >= 0.6 is 11.6 Å². The fraction of sp³-hybridized carbons (Fsp3) is 0.200. The van der Waals surface area contributed by atoms with Crippen LogP contribution < -0.4 is 10.9 Å². The molecule has 1 aliphatic rings. The Labute approximate surface area is 264 Å². The lowest BCUT2D eigenvalue weighted by Crippen LogP contribution is -2.37. The van der Waals surface area contributed by atoms with E-state index >= 15 is 0 Å². The molecular formula is C35H31ClN4O5. The van der Waals surface area contributed by atoms with Crippen LogP contribution in [-0.4, -0.2) is 51.9 Å². The smallest absolute Gasteiger partial charge is 0.408 e. The Hall–Kier alpha value is -5.15. The third-order valence-electron chi connectivity index (χ3n) is 8.16. The number of halogens is 1. The predicted molar refractivity (Wildman–Crippen MR) is 173 cm³/mol. The van der Waals surface area contributed by atoms with E-state index in [1.54, 1.807) is 18.2 Å². The number of benzene rings is 4. The summed E-state index contributed by atoms with van der Waals surface area (Å²) in [6.45, 7) is 0.462. The number of hydrogen-bond donors (Lipinski definition) is 2. The molecule has 10 heteroatoms. The average molecular weight is 623 g/mol. The molecule has 5 aromatic rings. The van der Waals surface area contributed by atoms with Crippen molar-refractivity contribution < 1.29 is 19.4 Å². The number of nitrogens with zero attached hydrogens (tertiary/aromatic N) is 3. The lowest BCUT2D eigenvalue weighted by atomic mass is 9.98. The van der Waals surface area contributed by atoms with Crippen molar-refractivity contribution in [1.29, 1.82) is 0 Å². The zero-order valence-corrected chi connectivity index (χ0v) is 25.3. The molecule has 4 aromatic carbocycles. The molecule has 6 rings (SSSR count). The third-order valence-corrected chi connectivity index (χ3v) is 8.48. The molecule has 1 aliphatic carbocycles. The normalized spacial score (nSPS) is 12.8. The van der Waals surface area contributed by atoms with Gasteiger partial charge >= 0.3 is 12.2 Å². The summed E-state index contributed by atoms with van der Waals surface area (Å²) in [5, 5.41) is 12.8. The first-order valence-corrected chi connectivity index (χ1v) is 15.0. The summed E-state index contributed by atoms with van der Waals surface area (Å²) < 4.78 is 7.33. The Kier molecular flexibility index (Phi) is 8.53. The number of fused-ring (bicyclic) bond motifs is 4. The van der Waals surface area contributed by atoms with Gasteiger partial charge in [-0.25, -0.2) is 14.6 Å². The zero-order valence-electron chi connectivity index (χ0n) is 24.5. The summed E-state index contributed by atoms with van der Waals surface area (Å²) in [6, 6.07) is 29.6. The van der Waals surface area contributed by atoms with Gasteiger partial charge in [-0.3, -0.25) is 9.36 Å². The lowest BCUT2D eigenvalue weighted by molar-refractivity contribution is 0.139. The molecule has 228 valence electrons. The number of carbonyl (C=O) groups is 2. The minimum absolute atomic E-state index is 0.121. The second kappa shape index (κ2) is 12.8. The molecule has 1 heterocycles. The summed E-state index contributed by atoms with van der Waals surface area (Å²) in [6.07, 6.45) is -1.40. The molecule has 0 saturated heterocycles. The van der Waals surface area contributed by atoms with Crippen LogP contribution in [0, 0.1) is 0 Å². The number of hydrogen-bond acceptors (Lipinski definition) is 5. The largest absolute Gasteiger partial charge is 0.465 e. The van der Waals surface area contributed by atoms with Crippen LogP contribution in [0.4, 0.5) is 9.59 Å². The predicted octanol–water partition coefficient (Wildman–Crippen LogP) is 6.68. The number of amides is 2. The molecular weight excluding hydrogens is 592 g/mol. The molecule has 1 aromatic heterocycles. The van der Waals surface area contributed by atoms with Crippen LogP contribution in [0.25, 0.3) is 22.0 Å². The topological polar surface area (TPSA) is 114 Å². The van der Waals surface area contributed by atoms with Crippen molar-refractivity contribution in [2.24, 2.45) is 0 Å². The Morgan fingerprint density at radius 2 is 1.60 bits per heavy atom. The van der Waals surface area contributed by atoms with Crippen molar-refractivity contribution in [3.8, 4) is 11.1 Å². The van der Waals surface area contributed by atoms with E-state index in [1.165, 1.54) is 11.6 Å². The second-order valence-corrected chi connectivity index (χ2v) is 11.3. The summed E-state index contributed by atoms with van der Waals surface area (Å²) in [4.78, 5) is 44.8. The Bertz CT molecular complexity index is 1900. The highest BCUT2D eigenvalue weighted by molar-refractivity contribution is 6.35. The highest BCUT2D eigenvalue weighted by Crippen LogP contribution is 2.44. The molecule has 0 bridgehead atoms. The Morgan fingerprint density at radius 3 is 2.27 bits per heavy atom. The van der Waals surface area contributed by atoms with Crippen molar-refractivity contribution in [2.75, 3.05) is 20.2 Å². The van der Waals surface area contributed by atoms with Crippen LogP contribution in [0.15, 0.2) is 102 Å². The van der Waals surface area contributed by atoms with Crippen LogP contribution in [0.3, 0.4) is 0 Å². The molecule has 1 atom stereocenters. The molecule has 45 heavy (non-hydrogen) atoms. The van der Waals surface area contributed by atoms with E-state index in [2.05, 4.69) is 29.6 Å². The van der Waals surface area contributed by atoms with Crippen LogP contribution in [-0.2, 0) is 11.3 Å². The van der Waals surface area contributed by atoms with Crippen LogP contribution in [0.2, 0.25) is 5.02 Å². The molecule has 0 radical (unpaired) electrons. The molecule has 2 N–H and O–H groups in total. The van der Waals surface area contributed by atoms with E-state index in [1.807, 2.05) is 54.6 Å². The molecule has 9 nitrogen and oxygen atoms in total. The van der Waals surface area contributed by atoms with Crippen molar-refractivity contribution in [2.45, 2.75) is 24.9 Å².